The molecule has 3 aromatic carbocycles. The molecule has 0 radical (unpaired) electrons. The first-order chi connectivity index (χ1) is 32.0. The number of rotatable bonds is 21. The van der Waals surface area contributed by atoms with Gasteiger partial charge in [-0.05, 0) is 143 Å². The van der Waals surface area contributed by atoms with Crippen LogP contribution >= 0.6 is 11.8 Å². The number of unbranched alkanes of at least 4 members (excludes halogenated alkanes) is 2. The summed E-state index contributed by atoms with van der Waals surface area (Å²) in [4.78, 5) is 24.9. The van der Waals surface area contributed by atoms with Gasteiger partial charge >= 0.3 is 0 Å². The zero-order valence-electron chi connectivity index (χ0n) is 39.4. The highest BCUT2D eigenvalue weighted by molar-refractivity contribution is 7.98. The van der Waals surface area contributed by atoms with Crippen molar-refractivity contribution in [3.8, 4) is 28.7 Å². The number of benzene rings is 3. The molecular weight excluding hydrogens is 853 g/mol. The van der Waals surface area contributed by atoms with Gasteiger partial charge in [-0.2, -0.15) is 0 Å². The zero-order valence-corrected chi connectivity index (χ0v) is 40.2. The second-order valence-electron chi connectivity index (χ2n) is 19.7. The third kappa shape index (κ3) is 10.8. The van der Waals surface area contributed by atoms with E-state index in [4.69, 9.17) is 33.7 Å². The number of aliphatic hydroxyl groups excluding tert-OH is 2. The largest absolute Gasteiger partial charge is 0.459 e. The molecule has 0 saturated heterocycles. The molecule has 2 fully saturated rings. The number of aliphatic hydroxyl groups is 2. The second-order valence-corrected chi connectivity index (χ2v) is 20.5. The minimum Gasteiger partial charge on any atom is -0.459 e. The topological polar surface area (TPSA) is 129 Å². The van der Waals surface area contributed by atoms with Crippen molar-refractivity contribution in [3.63, 3.8) is 0 Å². The molecule has 2 saturated carbocycles. The first kappa shape index (κ1) is 48.0. The first-order valence-electron chi connectivity index (χ1n) is 24.3. The van der Waals surface area contributed by atoms with Gasteiger partial charge in [-0.1, -0.05) is 61.9 Å². The van der Waals surface area contributed by atoms with E-state index in [1.165, 1.54) is 12.8 Å². The van der Waals surface area contributed by atoms with Gasteiger partial charge in [-0.25, -0.2) is 0 Å². The Bertz CT molecular complexity index is 2200. The predicted molar refractivity (Wildman–Crippen MR) is 258 cm³/mol. The maximum Gasteiger partial charge on any atom is 0.239 e. The van der Waals surface area contributed by atoms with Crippen molar-refractivity contribution in [2.24, 2.45) is 28.8 Å². The summed E-state index contributed by atoms with van der Waals surface area (Å²) in [5, 5.41) is 25.1. The van der Waals surface area contributed by atoms with E-state index >= 15 is 4.79 Å². The Morgan fingerprint density at radius 2 is 1.65 bits per heavy atom. The van der Waals surface area contributed by atoms with Crippen molar-refractivity contribution in [1.82, 2.24) is 4.90 Å². The second kappa shape index (κ2) is 21.6. The highest BCUT2D eigenvalue weighted by Gasteiger charge is 2.65. The number of oxime groups is 1. The van der Waals surface area contributed by atoms with Crippen LogP contribution in [0.1, 0.15) is 121 Å². The van der Waals surface area contributed by atoms with E-state index < -0.39 is 23.3 Å². The van der Waals surface area contributed by atoms with E-state index in [-0.39, 0.29) is 56.8 Å². The minimum absolute atomic E-state index is 0.0361. The van der Waals surface area contributed by atoms with E-state index in [0.717, 1.165) is 78.0 Å². The molecule has 2 N–H and O–H groups in total. The van der Waals surface area contributed by atoms with Crippen molar-refractivity contribution in [2.75, 3.05) is 32.9 Å². The van der Waals surface area contributed by atoms with Gasteiger partial charge in [0, 0.05) is 49.0 Å². The number of hydrogen-bond acceptors (Lipinski definition) is 11. The predicted octanol–water partition coefficient (Wildman–Crippen LogP) is 11.4. The normalized spacial score (nSPS) is 24.8. The average Bonchev–Trinajstić information content (AvgIpc) is 4.03. The fourth-order valence-corrected chi connectivity index (χ4v) is 11.5. The number of fused-ring (bicyclic) bond motifs is 3. The van der Waals surface area contributed by atoms with Crippen LogP contribution < -0.4 is 18.9 Å². The van der Waals surface area contributed by atoms with Crippen molar-refractivity contribution < 1.29 is 43.5 Å². The van der Waals surface area contributed by atoms with Gasteiger partial charge in [0.25, 0.3) is 0 Å². The summed E-state index contributed by atoms with van der Waals surface area (Å²) in [6.07, 6.45) is 17.2. The van der Waals surface area contributed by atoms with Crippen molar-refractivity contribution in [3.05, 3.63) is 96.1 Å². The number of amides is 1. The van der Waals surface area contributed by atoms with Crippen LogP contribution in [0.4, 0.5) is 0 Å². The standard InChI is InChI=1S/C54H70N2O9S/c1-6-29-62-54-49(56(50(59)26-18-36-13-7-8-14-36)34-37-17-24-47-48(30-37)61-35-60-47)33-45(55-65-53(2,3)4)43-31-38(15-9-11-27-57)42(16-10-12-28-58)51(52(43)54)44-32-40(21-25-46(44)64-54)63-39-19-22-41(66-5)23-20-39/h6,17,19-25,30-32,36,38,42,49,51-52,57-58H,1,7-16,18,26-29,33-35H2,2-5H3/t38-,42+,49-,51+,52+,54+/m0/s1. The van der Waals surface area contributed by atoms with E-state index in [2.05, 4.69) is 37.1 Å². The monoisotopic (exact) mass is 922 g/mol. The van der Waals surface area contributed by atoms with E-state index in [1.54, 1.807) is 17.8 Å². The molecule has 5 aliphatic rings. The molecule has 356 valence electrons. The Hall–Kier alpha value is -4.49. The molecule has 6 atom stereocenters. The number of nitrogens with zero attached hydrogens (tertiary/aromatic N) is 2. The summed E-state index contributed by atoms with van der Waals surface area (Å²) in [7, 11) is 0. The lowest BCUT2D eigenvalue weighted by atomic mass is 9.55. The van der Waals surface area contributed by atoms with Crippen molar-refractivity contribution >= 4 is 23.4 Å². The van der Waals surface area contributed by atoms with E-state index in [9.17, 15) is 10.2 Å². The van der Waals surface area contributed by atoms with Crippen LogP contribution in [0.15, 0.2) is 95.0 Å². The Balaban J connectivity index is 1.32. The van der Waals surface area contributed by atoms with Crippen molar-refractivity contribution in [2.45, 2.75) is 139 Å². The van der Waals surface area contributed by atoms with Gasteiger partial charge < -0.3 is 43.6 Å². The van der Waals surface area contributed by atoms with E-state index in [0.29, 0.717) is 54.6 Å². The molecule has 3 aromatic rings. The SMILES string of the molecule is C=CCO[C@@]12Oc3ccc(Oc4ccc(SC)cc4)cc3[C@H]3[C@H](CCCCO)[C@@H](CCCCO)C=C(C(=NOC(C)(C)C)C[C@@H]1N(Cc1ccc4c(c1)OCO4)C(=O)CCC1CCCC1)[C@H]32. The van der Waals surface area contributed by atoms with Crippen LogP contribution in [0.5, 0.6) is 28.7 Å². The average molecular weight is 923 g/mol. The Kier molecular flexibility index (Phi) is 15.7. The third-order valence-corrected chi connectivity index (χ3v) is 14.8. The molecule has 66 heavy (non-hydrogen) atoms. The smallest absolute Gasteiger partial charge is 0.239 e. The summed E-state index contributed by atoms with van der Waals surface area (Å²) < 4.78 is 33.0. The fraction of sp³-hybridized carbons (Fsp3) is 0.556. The summed E-state index contributed by atoms with van der Waals surface area (Å²) in [6.45, 7) is 11.0. The minimum atomic E-state index is -1.38. The van der Waals surface area contributed by atoms with Crippen LogP contribution in [0.25, 0.3) is 0 Å². The lowest BCUT2D eigenvalue weighted by Crippen LogP contribution is -2.70. The Morgan fingerprint density at radius 1 is 0.924 bits per heavy atom. The quantitative estimate of drug-likeness (QED) is 0.0461. The molecule has 1 amide bonds. The molecule has 0 aromatic heterocycles. The highest BCUT2D eigenvalue weighted by atomic mass is 32.2. The maximum absolute atomic E-state index is 15.3. The van der Waals surface area contributed by atoms with Crippen LogP contribution in [0.2, 0.25) is 0 Å². The molecule has 3 aliphatic carbocycles. The molecule has 2 aliphatic heterocycles. The lowest BCUT2D eigenvalue weighted by Gasteiger charge is -2.60. The summed E-state index contributed by atoms with van der Waals surface area (Å²) in [5.74, 6) is 2.21. The number of carbonyl (C=O) groups is 1. The molecular formula is C54H70N2O9S. The number of hydrogen-bond donors (Lipinski definition) is 2. The Labute approximate surface area is 395 Å². The number of ether oxygens (including phenoxy) is 5. The molecule has 0 spiro atoms. The van der Waals surface area contributed by atoms with E-state index in [1.807, 2.05) is 68.1 Å². The first-order valence-corrected chi connectivity index (χ1v) is 25.5. The maximum atomic E-state index is 15.3. The molecule has 12 heteroatoms. The van der Waals surface area contributed by atoms with Crippen molar-refractivity contribution in [1.29, 1.82) is 0 Å². The highest BCUT2D eigenvalue weighted by Crippen LogP contribution is 2.62. The molecule has 8 rings (SSSR count). The lowest BCUT2D eigenvalue weighted by molar-refractivity contribution is -0.258. The molecule has 0 bridgehead atoms. The Morgan fingerprint density at radius 3 is 2.38 bits per heavy atom. The summed E-state index contributed by atoms with van der Waals surface area (Å²) >= 11 is 1.69. The van der Waals surface area contributed by atoms with Gasteiger partial charge in [0.15, 0.2) is 11.5 Å². The number of allylic oxidation sites excluding steroid dienone is 1. The molecule has 11 nitrogen and oxygen atoms in total. The zero-order chi connectivity index (χ0) is 46.3. The summed E-state index contributed by atoms with van der Waals surface area (Å²) in [5.41, 5.74) is 3.11. The fourth-order valence-electron chi connectivity index (χ4n) is 11.1. The third-order valence-electron chi connectivity index (χ3n) is 14.1. The summed E-state index contributed by atoms with van der Waals surface area (Å²) in [6, 6.07) is 19.5. The number of thioether (sulfide) groups is 1. The van der Waals surface area contributed by atoms with Gasteiger partial charge in [-0.3, -0.25) is 4.79 Å². The van der Waals surface area contributed by atoms with Crippen LogP contribution in [0.3, 0.4) is 0 Å². The van der Waals surface area contributed by atoms with Gasteiger partial charge in [0.2, 0.25) is 18.5 Å². The van der Waals surface area contributed by atoms with Crippen LogP contribution in [-0.4, -0.2) is 77.0 Å². The van der Waals surface area contributed by atoms with Gasteiger partial charge in [0.05, 0.1) is 18.2 Å². The van der Waals surface area contributed by atoms with Crippen LogP contribution in [-0.2, 0) is 20.9 Å². The van der Waals surface area contributed by atoms with Gasteiger partial charge in [-0.15, -0.1) is 18.3 Å². The van der Waals surface area contributed by atoms with Gasteiger partial charge in [0.1, 0.15) is 28.9 Å². The van der Waals surface area contributed by atoms with Crippen LogP contribution in [0, 0.1) is 23.7 Å². The molecule has 2 heterocycles. The molecule has 0 unspecified atom stereocenters. The number of carbonyl (C=O) groups excluding carboxylic acids is 1.